The second-order valence-corrected chi connectivity index (χ2v) is 10.1. The summed E-state index contributed by atoms with van der Waals surface area (Å²) < 4.78 is 42.0. The van der Waals surface area contributed by atoms with Gasteiger partial charge in [-0.05, 0) is 49.4 Å². The maximum atomic E-state index is 13.6. The Balaban J connectivity index is 1.66. The van der Waals surface area contributed by atoms with Gasteiger partial charge in [0, 0.05) is 36.2 Å². The van der Waals surface area contributed by atoms with Gasteiger partial charge in [0.25, 0.3) is 0 Å². The fraction of sp³-hybridized carbons (Fsp3) is 0.375. The zero-order chi connectivity index (χ0) is 22.0. The van der Waals surface area contributed by atoms with Crippen LogP contribution in [-0.4, -0.2) is 42.1 Å². The highest BCUT2D eigenvalue weighted by Gasteiger charge is 2.31. The highest BCUT2D eigenvalue weighted by Crippen LogP contribution is 2.28. The molecule has 3 aromatic rings. The number of carbonyl (C=O) groups is 1. The third-order valence-electron chi connectivity index (χ3n) is 6.06. The summed E-state index contributed by atoms with van der Waals surface area (Å²) in [4.78, 5) is 14.8. The number of sulfone groups is 1. The highest BCUT2D eigenvalue weighted by atomic mass is 32.2. The van der Waals surface area contributed by atoms with E-state index in [1.165, 1.54) is 12.1 Å². The maximum absolute atomic E-state index is 13.6. The molecule has 2 heterocycles. The Morgan fingerprint density at radius 2 is 1.94 bits per heavy atom. The van der Waals surface area contributed by atoms with E-state index in [2.05, 4.69) is 0 Å². The average molecular weight is 443 g/mol. The van der Waals surface area contributed by atoms with E-state index in [0.717, 1.165) is 36.8 Å². The molecule has 0 N–H and O–H groups in total. The first-order valence-corrected chi connectivity index (χ1v) is 12.4. The van der Waals surface area contributed by atoms with Crippen LogP contribution in [0.15, 0.2) is 59.6 Å². The van der Waals surface area contributed by atoms with E-state index < -0.39 is 15.6 Å². The average Bonchev–Trinajstić information content (AvgIpc) is 3.13. The van der Waals surface area contributed by atoms with Gasteiger partial charge < -0.3 is 9.47 Å². The summed E-state index contributed by atoms with van der Waals surface area (Å²) >= 11 is 0. The van der Waals surface area contributed by atoms with E-state index in [1.807, 2.05) is 19.1 Å². The van der Waals surface area contributed by atoms with Crippen LogP contribution in [0, 0.1) is 5.82 Å². The predicted molar refractivity (Wildman–Crippen MR) is 119 cm³/mol. The van der Waals surface area contributed by atoms with Crippen molar-refractivity contribution in [3.05, 3.63) is 66.1 Å². The standard InChI is InChI=1S/C24H27FN2O3S/c1-2-20-10-5-6-13-27(20)24(28)17-31(29,30)23-16-26(22-12-4-3-11-21(22)23)15-18-8-7-9-19(25)14-18/h3-4,7-9,11-12,14,16,20H,2,5-6,10,13,15,17H2,1H3/t20-/m0/s1. The SMILES string of the molecule is CC[C@H]1CCCCN1C(=O)CS(=O)(=O)c1cn(Cc2cccc(F)c2)c2ccccc12. The number of halogens is 1. The fourth-order valence-corrected chi connectivity index (χ4v) is 5.94. The normalized spacial score (nSPS) is 17.2. The molecule has 0 spiro atoms. The first-order valence-electron chi connectivity index (χ1n) is 10.7. The van der Waals surface area contributed by atoms with Gasteiger partial charge in [-0.2, -0.15) is 0 Å². The van der Waals surface area contributed by atoms with Crippen LogP contribution in [0.2, 0.25) is 0 Å². The van der Waals surface area contributed by atoms with Crippen LogP contribution < -0.4 is 0 Å². The first-order chi connectivity index (χ1) is 14.9. The van der Waals surface area contributed by atoms with Gasteiger partial charge in [0.15, 0.2) is 9.84 Å². The third-order valence-corrected chi connectivity index (χ3v) is 7.68. The number of fused-ring (bicyclic) bond motifs is 1. The molecule has 0 aliphatic carbocycles. The second-order valence-electron chi connectivity index (χ2n) is 8.17. The molecule has 1 saturated heterocycles. The monoisotopic (exact) mass is 442 g/mol. The largest absolute Gasteiger partial charge is 0.342 e. The topological polar surface area (TPSA) is 59.4 Å². The number of aromatic nitrogens is 1. The molecule has 0 bridgehead atoms. The molecule has 1 aliphatic rings. The van der Waals surface area contributed by atoms with Gasteiger partial charge in [-0.25, -0.2) is 12.8 Å². The Hall–Kier alpha value is -2.67. The van der Waals surface area contributed by atoms with Crippen molar-refractivity contribution >= 4 is 26.6 Å². The summed E-state index contributed by atoms with van der Waals surface area (Å²) in [5.74, 6) is -1.19. The van der Waals surface area contributed by atoms with Crippen LogP contribution >= 0.6 is 0 Å². The van der Waals surface area contributed by atoms with E-state index in [4.69, 9.17) is 0 Å². The summed E-state index contributed by atoms with van der Waals surface area (Å²) in [7, 11) is -3.83. The van der Waals surface area contributed by atoms with Gasteiger partial charge in [-0.3, -0.25) is 4.79 Å². The number of rotatable bonds is 6. The molecule has 1 aliphatic heterocycles. The van der Waals surface area contributed by atoms with Crippen molar-refractivity contribution in [2.24, 2.45) is 0 Å². The number of hydrogen-bond donors (Lipinski definition) is 0. The number of amides is 1. The molecule has 0 saturated carbocycles. The lowest BCUT2D eigenvalue weighted by molar-refractivity contribution is -0.132. The van der Waals surface area contributed by atoms with Crippen molar-refractivity contribution in [2.45, 2.75) is 50.1 Å². The van der Waals surface area contributed by atoms with Crippen molar-refractivity contribution in [3.8, 4) is 0 Å². The zero-order valence-corrected chi connectivity index (χ0v) is 18.4. The zero-order valence-electron chi connectivity index (χ0n) is 17.6. The van der Waals surface area contributed by atoms with Gasteiger partial charge in [-0.15, -0.1) is 0 Å². The minimum absolute atomic E-state index is 0.116. The smallest absolute Gasteiger partial charge is 0.238 e. The van der Waals surface area contributed by atoms with E-state index >= 15 is 0 Å². The summed E-state index contributed by atoms with van der Waals surface area (Å²) in [6.07, 6.45) is 5.32. The molecule has 7 heteroatoms. The van der Waals surface area contributed by atoms with E-state index in [-0.39, 0.29) is 22.7 Å². The van der Waals surface area contributed by atoms with Crippen molar-refractivity contribution < 1.29 is 17.6 Å². The van der Waals surface area contributed by atoms with Crippen LogP contribution in [0.5, 0.6) is 0 Å². The molecule has 164 valence electrons. The second kappa shape index (κ2) is 8.83. The number of carbonyl (C=O) groups excluding carboxylic acids is 1. The molecule has 1 atom stereocenters. The summed E-state index contributed by atoms with van der Waals surface area (Å²) in [6, 6.07) is 13.6. The number of likely N-dealkylation sites (tertiary alicyclic amines) is 1. The predicted octanol–water partition coefficient (Wildman–Crippen LogP) is 4.39. The lowest BCUT2D eigenvalue weighted by Crippen LogP contribution is -2.45. The van der Waals surface area contributed by atoms with Crippen LogP contribution in [0.3, 0.4) is 0 Å². The quantitative estimate of drug-likeness (QED) is 0.569. The Labute approximate surface area is 182 Å². The Morgan fingerprint density at radius 3 is 2.71 bits per heavy atom. The van der Waals surface area contributed by atoms with Crippen molar-refractivity contribution in [1.82, 2.24) is 9.47 Å². The molecule has 0 unspecified atom stereocenters. The lowest BCUT2D eigenvalue weighted by atomic mass is 10.0. The minimum atomic E-state index is -3.83. The van der Waals surface area contributed by atoms with Crippen molar-refractivity contribution in [2.75, 3.05) is 12.3 Å². The molecule has 1 fully saturated rings. The Morgan fingerprint density at radius 1 is 1.13 bits per heavy atom. The van der Waals surface area contributed by atoms with Crippen molar-refractivity contribution in [3.63, 3.8) is 0 Å². The van der Waals surface area contributed by atoms with Crippen molar-refractivity contribution in [1.29, 1.82) is 0 Å². The number of benzene rings is 2. The highest BCUT2D eigenvalue weighted by molar-refractivity contribution is 7.92. The molecule has 1 amide bonds. The molecule has 2 aromatic carbocycles. The van der Waals surface area contributed by atoms with E-state index in [0.29, 0.717) is 18.5 Å². The molecule has 0 radical (unpaired) electrons. The van der Waals surface area contributed by atoms with Gasteiger partial charge in [0.2, 0.25) is 5.91 Å². The number of hydrogen-bond acceptors (Lipinski definition) is 3. The molecule has 5 nitrogen and oxygen atoms in total. The number of para-hydroxylation sites is 1. The Kier molecular flexibility index (Phi) is 6.14. The number of piperidine rings is 1. The lowest BCUT2D eigenvalue weighted by Gasteiger charge is -2.35. The van der Waals surface area contributed by atoms with Crippen LogP contribution in [0.1, 0.15) is 38.2 Å². The molecule has 4 rings (SSSR count). The van der Waals surface area contributed by atoms with Crippen LogP contribution in [-0.2, 0) is 21.2 Å². The molecular weight excluding hydrogens is 415 g/mol. The van der Waals surface area contributed by atoms with E-state index in [1.54, 1.807) is 39.9 Å². The van der Waals surface area contributed by atoms with Gasteiger partial charge in [0.1, 0.15) is 11.6 Å². The van der Waals surface area contributed by atoms with E-state index in [9.17, 15) is 17.6 Å². The molecule has 31 heavy (non-hydrogen) atoms. The first kappa shape index (κ1) is 21.6. The summed E-state index contributed by atoms with van der Waals surface area (Å²) in [5.41, 5.74) is 1.47. The third kappa shape index (κ3) is 4.51. The summed E-state index contributed by atoms with van der Waals surface area (Å²) in [6.45, 7) is 2.99. The minimum Gasteiger partial charge on any atom is -0.342 e. The maximum Gasteiger partial charge on any atom is 0.238 e. The van der Waals surface area contributed by atoms with Crippen LogP contribution in [0.4, 0.5) is 4.39 Å². The molecule has 1 aromatic heterocycles. The van der Waals surface area contributed by atoms with Gasteiger partial charge in [-0.1, -0.05) is 37.3 Å². The fourth-order valence-electron chi connectivity index (χ4n) is 4.50. The van der Waals surface area contributed by atoms with Crippen LogP contribution in [0.25, 0.3) is 10.9 Å². The summed E-state index contributed by atoms with van der Waals surface area (Å²) in [5, 5.41) is 0.581. The van der Waals surface area contributed by atoms with Gasteiger partial charge in [0.05, 0.1) is 4.90 Å². The Bertz CT molecular complexity index is 1200. The van der Waals surface area contributed by atoms with Gasteiger partial charge >= 0.3 is 0 Å². The number of nitrogens with zero attached hydrogens (tertiary/aromatic N) is 2. The molecular formula is C24H27FN2O3S.